The summed E-state index contributed by atoms with van der Waals surface area (Å²) in [5, 5.41) is 10.1. The van der Waals surface area contributed by atoms with Gasteiger partial charge in [-0.2, -0.15) is 5.10 Å². The Morgan fingerprint density at radius 3 is 2.78 bits per heavy atom. The van der Waals surface area contributed by atoms with Crippen molar-refractivity contribution in [3.05, 3.63) is 36.0 Å². The largest absolute Gasteiger partial charge is 0.497 e. The fourth-order valence-corrected chi connectivity index (χ4v) is 4.21. The first-order chi connectivity index (χ1) is 13.1. The van der Waals surface area contributed by atoms with E-state index < -0.39 is 11.5 Å². The summed E-state index contributed by atoms with van der Waals surface area (Å²) in [7, 11) is 1.63. The SMILES string of the molecule is COc1ccc(-c2[nH]ncc2CNC(=O)[C@@H]2CC(=O)OC23CCCC3)cc1. The van der Waals surface area contributed by atoms with E-state index in [-0.39, 0.29) is 18.3 Å². The second kappa shape index (κ2) is 7.06. The Kier molecular flexibility index (Phi) is 4.59. The average molecular weight is 369 g/mol. The molecule has 1 aromatic heterocycles. The molecule has 1 atom stereocenters. The van der Waals surface area contributed by atoms with Crippen molar-refractivity contribution in [1.82, 2.24) is 15.5 Å². The highest BCUT2D eigenvalue weighted by Gasteiger charge is 2.53. The summed E-state index contributed by atoms with van der Waals surface area (Å²) in [4.78, 5) is 24.6. The monoisotopic (exact) mass is 369 g/mol. The molecule has 2 N–H and O–H groups in total. The third-order valence-electron chi connectivity index (χ3n) is 5.64. The van der Waals surface area contributed by atoms with Crippen molar-refractivity contribution in [3.8, 4) is 17.0 Å². The zero-order valence-electron chi connectivity index (χ0n) is 15.3. The molecule has 1 amide bonds. The highest BCUT2D eigenvalue weighted by atomic mass is 16.6. The molecule has 2 heterocycles. The first kappa shape index (κ1) is 17.6. The van der Waals surface area contributed by atoms with E-state index in [1.165, 1.54) is 0 Å². The van der Waals surface area contributed by atoms with E-state index in [1.54, 1.807) is 13.3 Å². The van der Waals surface area contributed by atoms with Crippen LogP contribution in [0.3, 0.4) is 0 Å². The molecule has 2 aliphatic rings. The van der Waals surface area contributed by atoms with Gasteiger partial charge < -0.3 is 14.8 Å². The lowest BCUT2D eigenvalue weighted by molar-refractivity contribution is -0.149. The van der Waals surface area contributed by atoms with E-state index in [4.69, 9.17) is 9.47 Å². The van der Waals surface area contributed by atoms with Gasteiger partial charge in [0.2, 0.25) is 5.91 Å². The van der Waals surface area contributed by atoms with E-state index in [9.17, 15) is 9.59 Å². The lowest BCUT2D eigenvalue weighted by Crippen LogP contribution is -2.42. The molecule has 0 radical (unpaired) electrons. The summed E-state index contributed by atoms with van der Waals surface area (Å²) in [5.74, 6) is -0.00590. The summed E-state index contributed by atoms with van der Waals surface area (Å²) < 4.78 is 10.8. The van der Waals surface area contributed by atoms with Gasteiger partial charge in [0.1, 0.15) is 11.4 Å². The molecule has 1 saturated heterocycles. The standard InChI is InChI=1S/C20H23N3O4/c1-26-15-6-4-13(5-7-15)18-14(12-22-23-18)11-21-19(25)16-10-17(24)27-20(16)8-2-3-9-20/h4-7,12,16H,2-3,8-11H2,1H3,(H,21,25)(H,22,23)/t16-/m0/s1. The molecular weight excluding hydrogens is 346 g/mol. The number of rotatable bonds is 5. The molecule has 0 unspecified atom stereocenters. The highest BCUT2D eigenvalue weighted by molar-refractivity contribution is 5.88. The van der Waals surface area contributed by atoms with Gasteiger partial charge in [0, 0.05) is 17.7 Å². The third-order valence-corrected chi connectivity index (χ3v) is 5.64. The van der Waals surface area contributed by atoms with Crippen LogP contribution >= 0.6 is 0 Å². The first-order valence-corrected chi connectivity index (χ1v) is 9.27. The van der Waals surface area contributed by atoms with Crippen molar-refractivity contribution in [2.24, 2.45) is 5.92 Å². The van der Waals surface area contributed by atoms with Gasteiger partial charge in [-0.1, -0.05) is 0 Å². The number of ether oxygens (including phenoxy) is 2. The summed E-state index contributed by atoms with van der Waals surface area (Å²) >= 11 is 0. The van der Waals surface area contributed by atoms with Crippen LogP contribution in [-0.4, -0.2) is 34.8 Å². The first-order valence-electron chi connectivity index (χ1n) is 9.27. The van der Waals surface area contributed by atoms with Crippen LogP contribution in [0.2, 0.25) is 0 Å². The van der Waals surface area contributed by atoms with Crippen LogP contribution in [0.4, 0.5) is 0 Å². The molecule has 4 rings (SSSR count). The topological polar surface area (TPSA) is 93.3 Å². The number of amides is 1. The molecule has 1 spiro atoms. The molecule has 142 valence electrons. The summed E-state index contributed by atoms with van der Waals surface area (Å²) in [6.45, 7) is 0.345. The van der Waals surface area contributed by atoms with E-state index in [0.717, 1.165) is 48.3 Å². The van der Waals surface area contributed by atoms with E-state index >= 15 is 0 Å². The van der Waals surface area contributed by atoms with Crippen molar-refractivity contribution < 1.29 is 19.1 Å². The number of methoxy groups -OCH3 is 1. The van der Waals surface area contributed by atoms with Gasteiger partial charge in [0.25, 0.3) is 0 Å². The summed E-state index contributed by atoms with van der Waals surface area (Å²) in [6, 6.07) is 7.64. The zero-order chi connectivity index (χ0) is 18.9. The normalized spacial score (nSPS) is 20.6. The Bertz CT molecular complexity index is 837. The van der Waals surface area contributed by atoms with Gasteiger partial charge >= 0.3 is 5.97 Å². The number of carbonyl (C=O) groups excluding carboxylic acids is 2. The average Bonchev–Trinajstić information content (AvgIpc) is 3.41. The van der Waals surface area contributed by atoms with Crippen molar-refractivity contribution in [1.29, 1.82) is 0 Å². The highest BCUT2D eigenvalue weighted by Crippen LogP contribution is 2.45. The van der Waals surface area contributed by atoms with Crippen molar-refractivity contribution >= 4 is 11.9 Å². The number of esters is 1. The van der Waals surface area contributed by atoms with Gasteiger partial charge in [-0.15, -0.1) is 0 Å². The van der Waals surface area contributed by atoms with Crippen LogP contribution in [-0.2, 0) is 20.9 Å². The molecule has 0 bridgehead atoms. The Morgan fingerprint density at radius 1 is 1.33 bits per heavy atom. The molecule has 1 saturated carbocycles. The minimum absolute atomic E-state index is 0.121. The second-order valence-electron chi connectivity index (χ2n) is 7.22. The van der Waals surface area contributed by atoms with Crippen LogP contribution in [0.1, 0.15) is 37.7 Å². The molecule has 1 aromatic carbocycles. The van der Waals surface area contributed by atoms with E-state index in [1.807, 2.05) is 24.3 Å². The number of aromatic amines is 1. The molecule has 1 aliphatic carbocycles. The van der Waals surface area contributed by atoms with Crippen molar-refractivity contribution in [2.75, 3.05) is 7.11 Å². The molecule has 27 heavy (non-hydrogen) atoms. The smallest absolute Gasteiger partial charge is 0.307 e. The molecule has 2 aromatic rings. The third kappa shape index (κ3) is 3.29. The molecule has 7 nitrogen and oxygen atoms in total. The maximum absolute atomic E-state index is 12.8. The van der Waals surface area contributed by atoms with Gasteiger partial charge in [0.15, 0.2) is 0 Å². The second-order valence-corrected chi connectivity index (χ2v) is 7.22. The van der Waals surface area contributed by atoms with Crippen LogP contribution < -0.4 is 10.1 Å². The Balaban J connectivity index is 1.45. The fourth-order valence-electron chi connectivity index (χ4n) is 4.21. The lowest BCUT2D eigenvalue weighted by Gasteiger charge is -2.27. The number of aromatic nitrogens is 2. The zero-order valence-corrected chi connectivity index (χ0v) is 15.3. The maximum atomic E-state index is 12.8. The summed E-state index contributed by atoms with van der Waals surface area (Å²) in [5.41, 5.74) is 2.12. The maximum Gasteiger partial charge on any atom is 0.307 e. The van der Waals surface area contributed by atoms with Crippen LogP contribution in [0.15, 0.2) is 30.5 Å². The van der Waals surface area contributed by atoms with Crippen molar-refractivity contribution in [2.45, 2.75) is 44.2 Å². The van der Waals surface area contributed by atoms with Crippen LogP contribution in [0, 0.1) is 5.92 Å². The van der Waals surface area contributed by atoms with Gasteiger partial charge in [-0.05, 0) is 49.9 Å². The quantitative estimate of drug-likeness (QED) is 0.790. The Hall–Kier alpha value is -2.83. The molecule has 2 fully saturated rings. The minimum Gasteiger partial charge on any atom is -0.497 e. The minimum atomic E-state index is -0.587. The van der Waals surface area contributed by atoms with Gasteiger partial charge in [-0.25, -0.2) is 0 Å². The van der Waals surface area contributed by atoms with Crippen LogP contribution in [0.5, 0.6) is 5.75 Å². The Morgan fingerprint density at radius 2 is 2.07 bits per heavy atom. The molecular formula is C20H23N3O4. The number of nitrogens with zero attached hydrogens (tertiary/aromatic N) is 1. The molecule has 1 aliphatic heterocycles. The number of carbonyl (C=O) groups is 2. The number of hydrogen-bond acceptors (Lipinski definition) is 5. The fraction of sp³-hybridized carbons (Fsp3) is 0.450. The van der Waals surface area contributed by atoms with E-state index in [0.29, 0.717) is 6.54 Å². The number of hydrogen-bond donors (Lipinski definition) is 2. The van der Waals surface area contributed by atoms with E-state index in [2.05, 4.69) is 15.5 Å². The van der Waals surface area contributed by atoms with Gasteiger partial charge in [-0.3, -0.25) is 14.7 Å². The number of nitrogens with one attached hydrogen (secondary N) is 2. The van der Waals surface area contributed by atoms with Gasteiger partial charge in [0.05, 0.1) is 31.3 Å². The van der Waals surface area contributed by atoms with Crippen LogP contribution in [0.25, 0.3) is 11.3 Å². The lowest BCUT2D eigenvalue weighted by atomic mass is 9.85. The Labute approximate surface area is 157 Å². The predicted octanol–water partition coefficient (Wildman–Crippen LogP) is 2.58. The van der Waals surface area contributed by atoms with Crippen molar-refractivity contribution in [3.63, 3.8) is 0 Å². The molecule has 7 heteroatoms. The number of benzene rings is 1. The predicted molar refractivity (Wildman–Crippen MR) is 97.8 cm³/mol. The summed E-state index contributed by atoms with van der Waals surface area (Å²) in [6.07, 6.45) is 5.43. The number of H-pyrrole nitrogens is 1.